The maximum atomic E-state index is 12.0. The number of ether oxygens (including phenoxy) is 2. The molecule has 0 bridgehead atoms. The summed E-state index contributed by atoms with van der Waals surface area (Å²) >= 11 is 0. The third-order valence-electron chi connectivity index (χ3n) is 2.64. The third kappa shape index (κ3) is 4.62. The maximum Gasteiger partial charge on any atom is 0.307 e. The van der Waals surface area contributed by atoms with E-state index in [0.717, 1.165) is 5.75 Å². The number of benzene rings is 1. The molecule has 0 spiro atoms. The van der Waals surface area contributed by atoms with Crippen LogP contribution in [-0.2, 0) is 9.53 Å². The molecular formula is C14H19NO4. The molecule has 0 heterocycles. The van der Waals surface area contributed by atoms with E-state index in [1.54, 1.807) is 31.3 Å². The second-order valence-electron chi connectivity index (χ2n) is 4.01. The van der Waals surface area contributed by atoms with Crippen molar-refractivity contribution in [3.63, 3.8) is 0 Å². The second-order valence-corrected chi connectivity index (χ2v) is 4.01. The molecule has 0 saturated carbocycles. The molecule has 0 aliphatic heterocycles. The minimum absolute atomic E-state index is 0.132. The Labute approximate surface area is 113 Å². The van der Waals surface area contributed by atoms with Crippen LogP contribution in [0.15, 0.2) is 24.3 Å². The van der Waals surface area contributed by atoms with Crippen LogP contribution < -0.4 is 4.74 Å². The summed E-state index contributed by atoms with van der Waals surface area (Å²) in [5, 5.41) is 0. The van der Waals surface area contributed by atoms with Gasteiger partial charge < -0.3 is 14.4 Å². The van der Waals surface area contributed by atoms with Crippen molar-refractivity contribution in [3.8, 4) is 5.75 Å². The summed E-state index contributed by atoms with van der Waals surface area (Å²) in [5.74, 6) is 0.273. The lowest BCUT2D eigenvalue weighted by Gasteiger charge is -2.16. The zero-order chi connectivity index (χ0) is 14.3. The summed E-state index contributed by atoms with van der Waals surface area (Å²) < 4.78 is 9.84. The molecule has 0 fully saturated rings. The molecule has 1 amide bonds. The van der Waals surface area contributed by atoms with Gasteiger partial charge in [-0.15, -0.1) is 0 Å². The van der Waals surface area contributed by atoms with Gasteiger partial charge in [-0.05, 0) is 31.2 Å². The molecule has 5 heteroatoms. The number of rotatable bonds is 6. The molecule has 0 N–H and O–H groups in total. The zero-order valence-corrected chi connectivity index (χ0v) is 11.5. The molecule has 1 aromatic rings. The van der Waals surface area contributed by atoms with E-state index in [1.807, 2.05) is 6.92 Å². The van der Waals surface area contributed by atoms with Crippen molar-refractivity contribution < 1.29 is 19.1 Å². The van der Waals surface area contributed by atoms with Crippen molar-refractivity contribution in [1.82, 2.24) is 4.90 Å². The lowest BCUT2D eigenvalue weighted by atomic mass is 10.2. The van der Waals surface area contributed by atoms with E-state index < -0.39 is 0 Å². The van der Waals surface area contributed by atoms with Gasteiger partial charge in [-0.1, -0.05) is 0 Å². The first-order chi connectivity index (χ1) is 9.08. The Balaban J connectivity index is 2.58. The summed E-state index contributed by atoms with van der Waals surface area (Å²) in [5.41, 5.74) is 0.566. The summed E-state index contributed by atoms with van der Waals surface area (Å²) in [7, 11) is 2.98. The lowest BCUT2D eigenvalue weighted by Crippen LogP contribution is -2.29. The fraction of sp³-hybridized carbons (Fsp3) is 0.429. The van der Waals surface area contributed by atoms with Crippen LogP contribution in [-0.4, -0.2) is 44.1 Å². The van der Waals surface area contributed by atoms with Crippen LogP contribution >= 0.6 is 0 Å². The van der Waals surface area contributed by atoms with Gasteiger partial charge in [0.05, 0.1) is 20.1 Å². The molecule has 0 radical (unpaired) electrons. The van der Waals surface area contributed by atoms with Gasteiger partial charge in [-0.2, -0.15) is 0 Å². The summed E-state index contributed by atoms with van der Waals surface area (Å²) in [6.45, 7) is 2.82. The van der Waals surface area contributed by atoms with Crippen molar-refractivity contribution in [1.29, 1.82) is 0 Å². The van der Waals surface area contributed by atoms with Gasteiger partial charge >= 0.3 is 5.97 Å². The molecule has 0 aliphatic rings. The van der Waals surface area contributed by atoms with Gasteiger partial charge in [-0.3, -0.25) is 9.59 Å². The predicted octanol–water partition coefficient (Wildman–Crippen LogP) is 1.72. The van der Waals surface area contributed by atoms with Crippen LogP contribution in [0.5, 0.6) is 5.75 Å². The minimum atomic E-state index is -0.327. The van der Waals surface area contributed by atoms with Crippen molar-refractivity contribution >= 4 is 11.9 Å². The first kappa shape index (κ1) is 15.0. The average molecular weight is 265 g/mol. The van der Waals surface area contributed by atoms with Crippen LogP contribution in [0.1, 0.15) is 23.7 Å². The van der Waals surface area contributed by atoms with Gasteiger partial charge in [0.2, 0.25) is 0 Å². The van der Waals surface area contributed by atoms with E-state index in [4.69, 9.17) is 4.74 Å². The van der Waals surface area contributed by atoms with Crippen LogP contribution in [0.25, 0.3) is 0 Å². The number of esters is 1. The number of carbonyl (C=O) groups is 2. The normalized spacial score (nSPS) is 9.84. The first-order valence-corrected chi connectivity index (χ1v) is 6.13. The Kier molecular flexibility index (Phi) is 5.85. The molecule has 19 heavy (non-hydrogen) atoms. The molecular weight excluding hydrogens is 246 g/mol. The Hall–Kier alpha value is -2.04. The van der Waals surface area contributed by atoms with Crippen LogP contribution in [0, 0.1) is 0 Å². The highest BCUT2D eigenvalue weighted by molar-refractivity contribution is 5.94. The Morgan fingerprint density at radius 2 is 1.84 bits per heavy atom. The largest absolute Gasteiger partial charge is 0.494 e. The summed E-state index contributed by atoms with van der Waals surface area (Å²) in [6.07, 6.45) is 0.190. The van der Waals surface area contributed by atoms with Gasteiger partial charge in [0.25, 0.3) is 5.91 Å². The third-order valence-corrected chi connectivity index (χ3v) is 2.64. The molecule has 0 saturated heterocycles. The Bertz CT molecular complexity index is 428. The molecule has 104 valence electrons. The predicted molar refractivity (Wildman–Crippen MR) is 71.2 cm³/mol. The van der Waals surface area contributed by atoms with Gasteiger partial charge in [0.15, 0.2) is 0 Å². The lowest BCUT2D eigenvalue weighted by molar-refractivity contribution is -0.140. The smallest absolute Gasteiger partial charge is 0.307 e. The molecule has 5 nitrogen and oxygen atoms in total. The van der Waals surface area contributed by atoms with Crippen LogP contribution in [0.3, 0.4) is 0 Å². The monoisotopic (exact) mass is 265 g/mol. The standard InChI is InChI=1S/C14H19NO4/c1-4-19-12-7-5-11(6-8-12)14(17)15(2)10-9-13(16)18-3/h5-8H,4,9-10H2,1-3H3. The second kappa shape index (κ2) is 7.41. The van der Waals surface area contributed by atoms with E-state index in [-0.39, 0.29) is 18.3 Å². The van der Waals surface area contributed by atoms with Gasteiger partial charge in [0, 0.05) is 19.2 Å². The minimum Gasteiger partial charge on any atom is -0.494 e. The van der Waals surface area contributed by atoms with Crippen molar-refractivity contribution in [2.75, 3.05) is 27.3 Å². The SMILES string of the molecule is CCOc1ccc(C(=O)N(C)CCC(=O)OC)cc1. The van der Waals surface area contributed by atoms with Gasteiger partial charge in [-0.25, -0.2) is 0 Å². The van der Waals surface area contributed by atoms with E-state index >= 15 is 0 Å². The molecule has 0 atom stereocenters. The first-order valence-electron chi connectivity index (χ1n) is 6.13. The van der Waals surface area contributed by atoms with Crippen LogP contribution in [0.2, 0.25) is 0 Å². The number of methoxy groups -OCH3 is 1. The molecule has 0 aliphatic carbocycles. The maximum absolute atomic E-state index is 12.0. The Morgan fingerprint density at radius 1 is 1.21 bits per heavy atom. The highest BCUT2D eigenvalue weighted by atomic mass is 16.5. The molecule has 1 aromatic carbocycles. The van der Waals surface area contributed by atoms with Crippen molar-refractivity contribution in [3.05, 3.63) is 29.8 Å². The molecule has 0 aromatic heterocycles. The van der Waals surface area contributed by atoms with E-state index in [0.29, 0.717) is 18.7 Å². The topological polar surface area (TPSA) is 55.8 Å². The Morgan fingerprint density at radius 3 is 2.37 bits per heavy atom. The zero-order valence-electron chi connectivity index (χ0n) is 11.5. The van der Waals surface area contributed by atoms with Crippen LogP contribution in [0.4, 0.5) is 0 Å². The van der Waals surface area contributed by atoms with Crippen molar-refractivity contribution in [2.24, 2.45) is 0 Å². The van der Waals surface area contributed by atoms with Crippen molar-refractivity contribution in [2.45, 2.75) is 13.3 Å². The molecule has 1 rings (SSSR count). The summed E-state index contributed by atoms with van der Waals surface area (Å²) in [6, 6.07) is 6.93. The number of nitrogens with zero attached hydrogens (tertiary/aromatic N) is 1. The number of hydrogen-bond donors (Lipinski definition) is 0. The van der Waals surface area contributed by atoms with E-state index in [9.17, 15) is 9.59 Å². The molecule has 0 unspecified atom stereocenters. The number of amides is 1. The van der Waals surface area contributed by atoms with E-state index in [1.165, 1.54) is 12.0 Å². The summed E-state index contributed by atoms with van der Waals surface area (Å²) in [4.78, 5) is 24.6. The average Bonchev–Trinajstić information content (AvgIpc) is 2.44. The highest BCUT2D eigenvalue weighted by Crippen LogP contribution is 2.13. The van der Waals surface area contributed by atoms with E-state index in [2.05, 4.69) is 4.74 Å². The number of hydrogen-bond acceptors (Lipinski definition) is 4. The number of carbonyl (C=O) groups excluding carboxylic acids is 2. The fourth-order valence-electron chi connectivity index (χ4n) is 1.54. The highest BCUT2D eigenvalue weighted by Gasteiger charge is 2.13. The quantitative estimate of drug-likeness (QED) is 0.735. The fourth-order valence-corrected chi connectivity index (χ4v) is 1.54. The van der Waals surface area contributed by atoms with Gasteiger partial charge in [0.1, 0.15) is 5.75 Å².